The number of hydrogen-bond donors (Lipinski definition) is 0. The Morgan fingerprint density at radius 1 is 1.07 bits per heavy atom. The summed E-state index contributed by atoms with van der Waals surface area (Å²) in [5.74, 6) is 0.848. The maximum absolute atomic E-state index is 5.36. The smallest absolute Gasteiger partial charge is 0.165 e. The third kappa shape index (κ3) is 1.62. The van der Waals surface area contributed by atoms with Crippen LogP contribution in [0, 0.1) is 6.26 Å². The zero-order valence-corrected chi connectivity index (χ0v) is 8.03. The summed E-state index contributed by atoms with van der Waals surface area (Å²) in [7, 11) is 0. The second-order valence-corrected chi connectivity index (χ2v) is 2.99. The third-order valence-corrected chi connectivity index (χ3v) is 2.04. The van der Waals surface area contributed by atoms with Gasteiger partial charge >= 0.3 is 0 Å². The Balaban J connectivity index is 2.53. The van der Waals surface area contributed by atoms with Gasteiger partial charge in [-0.2, -0.15) is 0 Å². The monoisotopic (exact) mass is 183 g/mol. The predicted octanol–water partition coefficient (Wildman–Crippen LogP) is 3.56. The fourth-order valence-electron chi connectivity index (χ4n) is 1.41. The van der Waals surface area contributed by atoms with Gasteiger partial charge in [-0.25, -0.2) is 0 Å². The highest BCUT2D eigenvalue weighted by atomic mass is 16.5. The molecule has 0 amide bonds. The molecule has 1 heteroatoms. The number of hydrogen-bond acceptors (Lipinski definition) is 1. The summed E-state index contributed by atoms with van der Waals surface area (Å²) in [6.45, 7) is 1.88. The largest absolute Gasteiger partial charge is 0.453 e. The van der Waals surface area contributed by atoms with Crippen LogP contribution in [0.2, 0.25) is 0 Å². The van der Waals surface area contributed by atoms with Gasteiger partial charge in [-0.05, 0) is 24.5 Å². The molecule has 0 fully saturated rings. The van der Waals surface area contributed by atoms with Gasteiger partial charge < -0.3 is 4.74 Å². The van der Waals surface area contributed by atoms with Gasteiger partial charge in [0.1, 0.15) is 5.75 Å². The van der Waals surface area contributed by atoms with Crippen LogP contribution in [0.4, 0.5) is 0 Å². The van der Waals surface area contributed by atoms with Crippen molar-refractivity contribution < 1.29 is 4.74 Å². The van der Waals surface area contributed by atoms with E-state index < -0.39 is 0 Å². The Labute approximate surface area is 83.6 Å². The second-order valence-electron chi connectivity index (χ2n) is 2.99. The van der Waals surface area contributed by atoms with Gasteiger partial charge in [0.25, 0.3) is 0 Å². The van der Waals surface area contributed by atoms with Gasteiger partial charge in [0, 0.05) is 5.39 Å². The summed E-state index contributed by atoms with van der Waals surface area (Å²) in [5.41, 5.74) is 0. The van der Waals surface area contributed by atoms with Crippen LogP contribution in [-0.4, -0.2) is 0 Å². The third-order valence-electron chi connectivity index (χ3n) is 2.04. The van der Waals surface area contributed by atoms with E-state index in [-0.39, 0.29) is 0 Å². The summed E-state index contributed by atoms with van der Waals surface area (Å²) in [6, 6.07) is 14.1. The van der Waals surface area contributed by atoms with Crippen LogP contribution in [-0.2, 0) is 0 Å². The molecule has 0 saturated carbocycles. The number of benzene rings is 2. The fraction of sp³-hybridized carbons (Fsp3) is 0.0769. The Morgan fingerprint density at radius 3 is 2.71 bits per heavy atom. The SMILES string of the molecule is C/C=[C]/Oc1cccc2ccccc12. The summed E-state index contributed by atoms with van der Waals surface area (Å²) >= 11 is 0. The first-order valence-corrected chi connectivity index (χ1v) is 4.60. The van der Waals surface area contributed by atoms with Crippen molar-refractivity contribution in [1.82, 2.24) is 0 Å². The fourth-order valence-corrected chi connectivity index (χ4v) is 1.41. The van der Waals surface area contributed by atoms with Crippen molar-refractivity contribution in [2.24, 2.45) is 0 Å². The highest BCUT2D eigenvalue weighted by Gasteiger charge is 1.98. The molecule has 1 radical (unpaired) electrons. The molecule has 1 nitrogen and oxygen atoms in total. The Bertz CT molecular complexity index is 452. The van der Waals surface area contributed by atoms with Gasteiger partial charge in [0.15, 0.2) is 6.26 Å². The van der Waals surface area contributed by atoms with Crippen molar-refractivity contribution in [3.8, 4) is 5.75 Å². The normalized spacial score (nSPS) is 10.9. The van der Waals surface area contributed by atoms with Crippen molar-refractivity contribution in [2.45, 2.75) is 6.92 Å². The lowest BCUT2D eigenvalue weighted by atomic mass is 10.1. The maximum Gasteiger partial charge on any atom is 0.165 e. The first-order valence-electron chi connectivity index (χ1n) is 4.60. The lowest BCUT2D eigenvalue weighted by molar-refractivity contribution is 0.457. The van der Waals surface area contributed by atoms with Crippen LogP contribution in [0.3, 0.4) is 0 Å². The molecule has 0 saturated heterocycles. The van der Waals surface area contributed by atoms with Gasteiger partial charge in [-0.3, -0.25) is 0 Å². The molecule has 0 unspecified atom stereocenters. The lowest BCUT2D eigenvalue weighted by Crippen LogP contribution is -1.83. The zero-order chi connectivity index (χ0) is 9.80. The maximum atomic E-state index is 5.36. The lowest BCUT2D eigenvalue weighted by Gasteiger charge is -2.03. The average molecular weight is 183 g/mol. The molecule has 69 valence electrons. The van der Waals surface area contributed by atoms with Gasteiger partial charge in [-0.15, -0.1) is 0 Å². The highest BCUT2D eigenvalue weighted by molar-refractivity contribution is 5.88. The van der Waals surface area contributed by atoms with Crippen LogP contribution < -0.4 is 4.74 Å². The minimum absolute atomic E-state index is 0.848. The molecule has 2 aromatic carbocycles. The summed E-state index contributed by atoms with van der Waals surface area (Å²) in [4.78, 5) is 0. The molecule has 2 rings (SSSR count). The Kier molecular flexibility index (Phi) is 2.50. The van der Waals surface area contributed by atoms with Crippen molar-refractivity contribution in [1.29, 1.82) is 0 Å². The average Bonchev–Trinajstić information content (AvgIpc) is 2.26. The quantitative estimate of drug-likeness (QED) is 0.647. The van der Waals surface area contributed by atoms with Gasteiger partial charge in [0.05, 0.1) is 0 Å². The van der Waals surface area contributed by atoms with Crippen molar-refractivity contribution in [3.63, 3.8) is 0 Å². The molecule has 14 heavy (non-hydrogen) atoms. The van der Waals surface area contributed by atoms with E-state index in [1.165, 1.54) is 5.39 Å². The molecule has 0 aliphatic rings. The van der Waals surface area contributed by atoms with Crippen molar-refractivity contribution >= 4 is 10.8 Å². The summed E-state index contributed by atoms with van der Waals surface area (Å²) in [5, 5.41) is 2.30. The van der Waals surface area contributed by atoms with Gasteiger partial charge in [-0.1, -0.05) is 36.4 Å². The zero-order valence-electron chi connectivity index (χ0n) is 8.03. The van der Waals surface area contributed by atoms with Crippen LogP contribution in [0.1, 0.15) is 6.92 Å². The molecule has 2 aromatic rings. The van der Waals surface area contributed by atoms with E-state index in [1.807, 2.05) is 37.3 Å². The van der Waals surface area contributed by atoms with E-state index in [2.05, 4.69) is 18.4 Å². The highest BCUT2D eigenvalue weighted by Crippen LogP contribution is 2.24. The van der Waals surface area contributed by atoms with Crippen LogP contribution in [0.5, 0.6) is 5.75 Å². The molecule has 0 aliphatic heterocycles. The molecule has 0 heterocycles. The first-order chi connectivity index (χ1) is 6.92. The predicted molar refractivity (Wildman–Crippen MR) is 58.1 cm³/mol. The van der Waals surface area contributed by atoms with E-state index in [4.69, 9.17) is 4.74 Å². The standard InChI is InChI=1S/C13H11O/c1-2-10-14-13-9-5-7-11-6-3-4-8-12(11)13/h2-9H,1H3. The molecule has 0 spiro atoms. The minimum atomic E-state index is 0.848. The van der Waals surface area contributed by atoms with E-state index in [0.717, 1.165) is 11.1 Å². The Morgan fingerprint density at radius 2 is 1.86 bits per heavy atom. The molecule has 0 bridgehead atoms. The topological polar surface area (TPSA) is 9.23 Å². The first kappa shape index (κ1) is 8.82. The van der Waals surface area contributed by atoms with E-state index in [1.54, 1.807) is 6.08 Å². The minimum Gasteiger partial charge on any atom is -0.453 e. The van der Waals surface area contributed by atoms with E-state index in [9.17, 15) is 0 Å². The number of ether oxygens (including phenoxy) is 1. The number of rotatable bonds is 2. The van der Waals surface area contributed by atoms with Crippen molar-refractivity contribution in [2.75, 3.05) is 0 Å². The van der Waals surface area contributed by atoms with Gasteiger partial charge in [0.2, 0.25) is 0 Å². The number of fused-ring (bicyclic) bond motifs is 1. The number of allylic oxidation sites excluding steroid dienone is 1. The molecular weight excluding hydrogens is 172 g/mol. The van der Waals surface area contributed by atoms with E-state index in [0.29, 0.717) is 0 Å². The summed E-state index contributed by atoms with van der Waals surface area (Å²) in [6.07, 6.45) is 4.48. The van der Waals surface area contributed by atoms with Crippen LogP contribution >= 0.6 is 0 Å². The molecule has 0 atom stereocenters. The molecule has 0 aliphatic carbocycles. The Hall–Kier alpha value is -1.76. The van der Waals surface area contributed by atoms with E-state index >= 15 is 0 Å². The van der Waals surface area contributed by atoms with Crippen LogP contribution in [0.25, 0.3) is 10.8 Å². The molecule has 0 N–H and O–H groups in total. The van der Waals surface area contributed by atoms with Crippen LogP contribution in [0.15, 0.2) is 48.5 Å². The molecule has 0 aromatic heterocycles. The second kappa shape index (κ2) is 3.97. The van der Waals surface area contributed by atoms with Crippen molar-refractivity contribution in [3.05, 3.63) is 54.8 Å². The summed E-state index contributed by atoms with van der Waals surface area (Å²) < 4.78 is 5.36. The molecular formula is C13H11O.